The fourth-order valence-corrected chi connectivity index (χ4v) is 3.08. The number of nitro benzene ring substituents is 1. The zero-order valence-corrected chi connectivity index (χ0v) is 15.9. The Bertz CT molecular complexity index is 663. The van der Waals surface area contributed by atoms with E-state index in [0.29, 0.717) is 31.0 Å². The number of hydrogen-bond acceptors (Lipinski definition) is 4. The minimum absolute atomic E-state index is 0.0803. The van der Waals surface area contributed by atoms with Gasteiger partial charge in [-0.05, 0) is 26.2 Å². The molecule has 1 aliphatic heterocycles. The normalized spacial score (nSPS) is 15.4. The highest BCUT2D eigenvalue weighted by Gasteiger charge is 2.16. The molecule has 1 aliphatic rings. The predicted octanol–water partition coefficient (Wildman–Crippen LogP) is 2.44. The first-order valence-corrected chi connectivity index (χ1v) is 9.64. The number of aliphatic imine (C=N–C) groups is 1. The molecule has 2 rings (SSSR count). The van der Waals surface area contributed by atoms with Gasteiger partial charge in [0.2, 0.25) is 5.91 Å². The number of guanidine groups is 1. The van der Waals surface area contributed by atoms with Crippen molar-refractivity contribution in [3.63, 3.8) is 0 Å². The highest BCUT2D eigenvalue weighted by Crippen LogP contribution is 2.18. The molecular formula is C19H29N5O3. The Labute approximate surface area is 160 Å². The molecule has 0 aromatic heterocycles. The Morgan fingerprint density at radius 3 is 2.85 bits per heavy atom. The molecule has 1 amide bonds. The molecule has 1 heterocycles. The van der Waals surface area contributed by atoms with Crippen LogP contribution in [-0.2, 0) is 11.3 Å². The number of hydrogen-bond donors (Lipinski definition) is 2. The molecular weight excluding hydrogens is 346 g/mol. The number of likely N-dealkylation sites (tertiary alicyclic amines) is 1. The number of nitro groups is 1. The summed E-state index contributed by atoms with van der Waals surface area (Å²) in [6.07, 6.45) is 4.70. The lowest BCUT2D eigenvalue weighted by molar-refractivity contribution is -0.385. The topological polar surface area (TPSA) is 99.9 Å². The van der Waals surface area contributed by atoms with E-state index in [0.717, 1.165) is 38.8 Å². The lowest BCUT2D eigenvalue weighted by Gasteiger charge is -2.20. The Kier molecular flexibility index (Phi) is 8.54. The van der Waals surface area contributed by atoms with Crippen molar-refractivity contribution in [3.8, 4) is 0 Å². The number of rotatable bonds is 8. The van der Waals surface area contributed by atoms with Gasteiger partial charge in [0.1, 0.15) is 0 Å². The number of carbonyl (C=O) groups excluding carboxylic acids is 1. The third kappa shape index (κ3) is 6.88. The summed E-state index contributed by atoms with van der Waals surface area (Å²) in [4.78, 5) is 29.1. The first kappa shape index (κ1) is 20.7. The van der Waals surface area contributed by atoms with E-state index in [1.54, 1.807) is 18.2 Å². The second kappa shape index (κ2) is 11.2. The summed E-state index contributed by atoms with van der Waals surface area (Å²) in [5, 5.41) is 17.5. The second-order valence-corrected chi connectivity index (χ2v) is 6.55. The number of carbonyl (C=O) groups is 1. The fraction of sp³-hybridized carbons (Fsp3) is 0.579. The van der Waals surface area contributed by atoms with Crippen LogP contribution in [0.4, 0.5) is 5.69 Å². The van der Waals surface area contributed by atoms with Crippen LogP contribution in [0.1, 0.15) is 44.6 Å². The fourth-order valence-electron chi connectivity index (χ4n) is 3.08. The van der Waals surface area contributed by atoms with Crippen molar-refractivity contribution in [2.45, 2.75) is 45.6 Å². The highest BCUT2D eigenvalue weighted by atomic mass is 16.6. The summed E-state index contributed by atoms with van der Waals surface area (Å²) in [7, 11) is 0. The molecule has 8 heteroatoms. The highest BCUT2D eigenvalue weighted by molar-refractivity contribution is 5.79. The van der Waals surface area contributed by atoms with E-state index < -0.39 is 0 Å². The number of nitrogens with zero attached hydrogens (tertiary/aromatic N) is 3. The van der Waals surface area contributed by atoms with Crippen molar-refractivity contribution in [1.29, 1.82) is 0 Å². The third-order valence-corrected chi connectivity index (χ3v) is 4.51. The summed E-state index contributed by atoms with van der Waals surface area (Å²) >= 11 is 0. The Morgan fingerprint density at radius 1 is 1.26 bits per heavy atom. The Hall–Kier alpha value is -2.64. The van der Waals surface area contributed by atoms with Gasteiger partial charge in [-0.1, -0.05) is 24.6 Å². The second-order valence-electron chi connectivity index (χ2n) is 6.55. The van der Waals surface area contributed by atoms with E-state index >= 15 is 0 Å². The van der Waals surface area contributed by atoms with Gasteiger partial charge in [0.25, 0.3) is 5.69 Å². The molecule has 0 unspecified atom stereocenters. The number of amides is 1. The molecule has 0 aliphatic carbocycles. The number of nitrogens with one attached hydrogen (secondary N) is 2. The molecule has 1 aromatic carbocycles. The molecule has 0 bridgehead atoms. The monoisotopic (exact) mass is 375 g/mol. The SMILES string of the molecule is CCNC(=NCc1ccccc1[N+](=O)[O-])NCCCN1CCCCCC1=O. The quantitative estimate of drug-likeness (QED) is 0.239. The summed E-state index contributed by atoms with van der Waals surface area (Å²) in [5.41, 5.74) is 0.659. The van der Waals surface area contributed by atoms with E-state index in [4.69, 9.17) is 0 Å². The van der Waals surface area contributed by atoms with Crippen LogP contribution in [-0.4, -0.2) is 47.9 Å². The lowest BCUT2D eigenvalue weighted by Crippen LogP contribution is -2.39. The van der Waals surface area contributed by atoms with Crippen LogP contribution in [0, 0.1) is 10.1 Å². The minimum atomic E-state index is -0.386. The van der Waals surface area contributed by atoms with Gasteiger partial charge in [-0.25, -0.2) is 4.99 Å². The van der Waals surface area contributed by atoms with Crippen molar-refractivity contribution in [1.82, 2.24) is 15.5 Å². The first-order chi connectivity index (χ1) is 13.1. The molecule has 0 saturated carbocycles. The van der Waals surface area contributed by atoms with Crippen LogP contribution in [0.2, 0.25) is 0 Å². The maximum absolute atomic E-state index is 12.0. The number of para-hydroxylation sites is 1. The summed E-state index contributed by atoms with van der Waals surface area (Å²) in [5.74, 6) is 0.877. The lowest BCUT2D eigenvalue weighted by atomic mass is 10.2. The van der Waals surface area contributed by atoms with E-state index in [2.05, 4.69) is 15.6 Å². The summed E-state index contributed by atoms with van der Waals surface area (Å²) in [6.45, 7) is 5.19. The maximum atomic E-state index is 12.0. The minimum Gasteiger partial charge on any atom is -0.357 e. The van der Waals surface area contributed by atoms with E-state index in [-0.39, 0.29) is 23.1 Å². The van der Waals surface area contributed by atoms with Crippen LogP contribution in [0.25, 0.3) is 0 Å². The van der Waals surface area contributed by atoms with Crippen LogP contribution < -0.4 is 10.6 Å². The van der Waals surface area contributed by atoms with Crippen molar-refractivity contribution >= 4 is 17.6 Å². The van der Waals surface area contributed by atoms with Gasteiger partial charge in [0.05, 0.1) is 17.0 Å². The van der Waals surface area contributed by atoms with Crippen molar-refractivity contribution in [2.24, 2.45) is 4.99 Å². The largest absolute Gasteiger partial charge is 0.357 e. The molecule has 8 nitrogen and oxygen atoms in total. The molecule has 2 N–H and O–H groups in total. The van der Waals surface area contributed by atoms with Gasteiger partial charge in [-0.15, -0.1) is 0 Å². The first-order valence-electron chi connectivity index (χ1n) is 9.64. The van der Waals surface area contributed by atoms with Gasteiger partial charge in [-0.3, -0.25) is 14.9 Å². The molecule has 0 spiro atoms. The average Bonchev–Trinajstić information content (AvgIpc) is 2.87. The summed E-state index contributed by atoms with van der Waals surface area (Å²) in [6, 6.07) is 6.63. The van der Waals surface area contributed by atoms with Crippen molar-refractivity contribution < 1.29 is 9.72 Å². The van der Waals surface area contributed by atoms with E-state index in [1.165, 1.54) is 6.07 Å². The van der Waals surface area contributed by atoms with Crippen molar-refractivity contribution in [2.75, 3.05) is 26.2 Å². The van der Waals surface area contributed by atoms with Crippen LogP contribution in [0.5, 0.6) is 0 Å². The third-order valence-electron chi connectivity index (χ3n) is 4.51. The standard InChI is InChI=1S/C19H29N5O3/c1-2-20-19(22-15-16-9-5-6-10-17(16)24(26)27)21-12-8-14-23-13-7-3-4-11-18(23)25/h5-6,9-10H,2-4,7-8,11-15H2,1H3,(H2,20,21,22). The number of benzene rings is 1. The van der Waals surface area contributed by atoms with Crippen molar-refractivity contribution in [3.05, 3.63) is 39.9 Å². The maximum Gasteiger partial charge on any atom is 0.274 e. The molecule has 1 saturated heterocycles. The van der Waals surface area contributed by atoms with Crippen LogP contribution in [0.15, 0.2) is 29.3 Å². The van der Waals surface area contributed by atoms with Crippen LogP contribution >= 0.6 is 0 Å². The molecule has 27 heavy (non-hydrogen) atoms. The Balaban J connectivity index is 1.85. The van der Waals surface area contributed by atoms with Gasteiger partial charge >= 0.3 is 0 Å². The van der Waals surface area contributed by atoms with Crippen LogP contribution in [0.3, 0.4) is 0 Å². The van der Waals surface area contributed by atoms with Gasteiger partial charge in [-0.2, -0.15) is 0 Å². The van der Waals surface area contributed by atoms with E-state index in [1.807, 2.05) is 11.8 Å². The van der Waals surface area contributed by atoms with Gasteiger partial charge in [0.15, 0.2) is 5.96 Å². The molecule has 148 valence electrons. The average molecular weight is 375 g/mol. The van der Waals surface area contributed by atoms with Gasteiger partial charge < -0.3 is 15.5 Å². The summed E-state index contributed by atoms with van der Waals surface area (Å²) < 4.78 is 0. The predicted molar refractivity (Wildman–Crippen MR) is 106 cm³/mol. The van der Waals surface area contributed by atoms with Gasteiger partial charge in [0, 0.05) is 38.7 Å². The molecule has 0 atom stereocenters. The Morgan fingerprint density at radius 2 is 2.07 bits per heavy atom. The molecule has 1 aromatic rings. The smallest absolute Gasteiger partial charge is 0.274 e. The molecule has 0 radical (unpaired) electrons. The zero-order chi connectivity index (χ0) is 19.5. The molecule has 1 fully saturated rings. The zero-order valence-electron chi connectivity index (χ0n) is 15.9. The van der Waals surface area contributed by atoms with E-state index in [9.17, 15) is 14.9 Å².